The Morgan fingerprint density at radius 3 is 2.24 bits per heavy atom. The first kappa shape index (κ1) is 29.6. The first-order valence-electron chi connectivity index (χ1n) is 13.2. The van der Waals surface area contributed by atoms with Crippen LogP contribution in [0.1, 0.15) is 32.6 Å². The molecule has 0 aliphatic carbocycles. The first-order valence-corrected chi connectivity index (χ1v) is 13.2. The number of amides is 2. The van der Waals surface area contributed by atoms with E-state index in [1.165, 1.54) is 6.20 Å². The number of hydrogen-bond donors (Lipinski definition) is 7. The van der Waals surface area contributed by atoms with E-state index in [0.29, 0.717) is 34.6 Å². The number of benzene rings is 3. The van der Waals surface area contributed by atoms with Gasteiger partial charge in [-0.05, 0) is 29.3 Å². The highest BCUT2D eigenvalue weighted by Crippen LogP contribution is 2.25. The average molecular weight is 567 g/mol. The molecular weight excluding hydrogens is 532 g/mol. The van der Waals surface area contributed by atoms with Gasteiger partial charge in [-0.3, -0.25) is 19.8 Å². The molecule has 42 heavy (non-hydrogen) atoms. The fourth-order valence-electron chi connectivity index (χ4n) is 4.36. The van der Waals surface area contributed by atoms with Gasteiger partial charge in [0.1, 0.15) is 11.5 Å². The van der Waals surface area contributed by atoms with Gasteiger partial charge in [0.2, 0.25) is 11.3 Å². The van der Waals surface area contributed by atoms with Crippen molar-refractivity contribution in [3.05, 3.63) is 117 Å². The molecule has 9 N–H and O–H groups in total. The van der Waals surface area contributed by atoms with Crippen LogP contribution in [0.4, 0.5) is 11.4 Å². The smallest absolute Gasteiger partial charge is 0.251 e. The Bertz CT molecular complexity index is 1650. The number of aromatic nitrogens is 1. The Labute approximate surface area is 243 Å². The normalized spacial score (nSPS) is 10.7. The number of pyridine rings is 1. The number of carbonyl (C=O) groups excluding carboxylic acids is 2. The van der Waals surface area contributed by atoms with Crippen molar-refractivity contribution in [2.75, 3.05) is 25.3 Å². The summed E-state index contributed by atoms with van der Waals surface area (Å²) in [4.78, 5) is 42.7. The number of nitrogens with two attached hydrogens (primary N) is 2. The van der Waals surface area contributed by atoms with Gasteiger partial charge in [-0.15, -0.1) is 0 Å². The van der Waals surface area contributed by atoms with E-state index in [1.807, 2.05) is 30.3 Å². The molecule has 216 valence electrons. The second-order valence-corrected chi connectivity index (χ2v) is 9.97. The van der Waals surface area contributed by atoms with Gasteiger partial charge < -0.3 is 32.5 Å². The van der Waals surface area contributed by atoms with Gasteiger partial charge in [-0.1, -0.05) is 54.6 Å². The van der Waals surface area contributed by atoms with Crippen molar-refractivity contribution in [3.8, 4) is 11.3 Å². The maximum absolute atomic E-state index is 13.5. The first-order chi connectivity index (χ1) is 20.1. The van der Waals surface area contributed by atoms with E-state index in [2.05, 4.69) is 21.0 Å². The zero-order valence-electron chi connectivity index (χ0n) is 23.5. The molecule has 0 bridgehead atoms. The van der Waals surface area contributed by atoms with Gasteiger partial charge in [0.25, 0.3) is 5.91 Å². The number of amidine groups is 1. The molecule has 0 atom stereocenters. The molecule has 1 heterocycles. The van der Waals surface area contributed by atoms with E-state index >= 15 is 0 Å². The molecule has 11 nitrogen and oxygen atoms in total. The van der Waals surface area contributed by atoms with E-state index in [-0.39, 0.29) is 47.3 Å². The molecule has 4 aromatic rings. The molecule has 4 rings (SSSR count). The van der Waals surface area contributed by atoms with Crippen LogP contribution in [0.3, 0.4) is 0 Å². The largest absolute Gasteiger partial charge is 0.399 e. The molecule has 0 fully saturated rings. The number of rotatable bonds is 11. The van der Waals surface area contributed by atoms with Crippen molar-refractivity contribution in [2.45, 2.75) is 19.5 Å². The highest BCUT2D eigenvalue weighted by atomic mass is 16.2. The number of hydrazine groups is 1. The molecule has 0 unspecified atom stereocenters. The minimum Gasteiger partial charge on any atom is -0.399 e. The fraction of sp³-hybridized carbons (Fsp3) is 0.161. The van der Waals surface area contributed by atoms with E-state index in [0.717, 1.165) is 11.1 Å². The molecule has 3 aromatic carbocycles. The van der Waals surface area contributed by atoms with Gasteiger partial charge >= 0.3 is 0 Å². The van der Waals surface area contributed by atoms with Crippen LogP contribution in [-0.4, -0.2) is 41.7 Å². The number of hydrogen-bond acceptors (Lipinski definition) is 7. The van der Waals surface area contributed by atoms with E-state index in [9.17, 15) is 14.4 Å². The summed E-state index contributed by atoms with van der Waals surface area (Å²) >= 11 is 0. The topological polar surface area (TPSA) is 182 Å². The molecule has 0 saturated carbocycles. The highest BCUT2D eigenvalue weighted by molar-refractivity contribution is 5.97. The maximum atomic E-state index is 13.5. The Hall–Kier alpha value is -5.42. The van der Waals surface area contributed by atoms with Crippen LogP contribution in [-0.2, 0) is 24.3 Å². The number of nitrogens with zero attached hydrogens (tertiary/aromatic N) is 1. The fourth-order valence-corrected chi connectivity index (χ4v) is 4.36. The van der Waals surface area contributed by atoms with Crippen LogP contribution >= 0.6 is 0 Å². The number of anilines is 2. The second kappa shape index (κ2) is 13.3. The van der Waals surface area contributed by atoms with Gasteiger partial charge in [0.05, 0.1) is 12.1 Å². The number of nitrogen functional groups attached to an aromatic ring is 2. The SMILES string of the molecule is CN(C)Nc1c[nH]c(-c2cc(N)cc(C(=O)NCc3ccccc3)c2)c(CC(=O)NCc2ccc(C(=N)N)cc2)c1=O. The third kappa shape index (κ3) is 7.61. The van der Waals surface area contributed by atoms with Gasteiger partial charge in [-0.2, -0.15) is 0 Å². The van der Waals surface area contributed by atoms with Gasteiger partial charge in [0, 0.05) is 61.3 Å². The summed E-state index contributed by atoms with van der Waals surface area (Å²) in [6, 6.07) is 21.3. The number of H-pyrrole nitrogens is 1. The molecule has 2 amide bonds. The van der Waals surface area contributed by atoms with Crippen molar-refractivity contribution >= 4 is 29.0 Å². The zero-order valence-corrected chi connectivity index (χ0v) is 23.5. The summed E-state index contributed by atoms with van der Waals surface area (Å²) in [5, 5.41) is 14.9. The third-order valence-corrected chi connectivity index (χ3v) is 6.42. The molecule has 0 saturated heterocycles. The lowest BCUT2D eigenvalue weighted by Crippen LogP contribution is -2.30. The number of carbonyl (C=O) groups is 2. The predicted molar refractivity (Wildman–Crippen MR) is 165 cm³/mol. The molecular formula is C31H34N8O3. The third-order valence-electron chi connectivity index (χ3n) is 6.42. The maximum Gasteiger partial charge on any atom is 0.251 e. The lowest BCUT2D eigenvalue weighted by molar-refractivity contribution is -0.120. The number of nitrogens with one attached hydrogen (secondary N) is 5. The Morgan fingerprint density at radius 1 is 0.905 bits per heavy atom. The van der Waals surface area contributed by atoms with Crippen molar-refractivity contribution in [1.29, 1.82) is 5.41 Å². The summed E-state index contributed by atoms with van der Waals surface area (Å²) < 4.78 is 0. The summed E-state index contributed by atoms with van der Waals surface area (Å²) in [5.74, 6) is -0.734. The van der Waals surface area contributed by atoms with E-state index in [1.54, 1.807) is 61.6 Å². The van der Waals surface area contributed by atoms with Crippen LogP contribution < -0.4 is 33.0 Å². The zero-order chi connectivity index (χ0) is 30.2. The average Bonchev–Trinajstić information content (AvgIpc) is 2.97. The van der Waals surface area contributed by atoms with Gasteiger partial charge in [-0.25, -0.2) is 5.01 Å². The molecule has 11 heteroatoms. The van der Waals surface area contributed by atoms with Crippen molar-refractivity contribution < 1.29 is 9.59 Å². The molecule has 0 aliphatic rings. The number of aromatic amines is 1. The molecule has 0 spiro atoms. The summed E-state index contributed by atoms with van der Waals surface area (Å²) in [7, 11) is 3.49. The van der Waals surface area contributed by atoms with E-state index < -0.39 is 0 Å². The molecule has 0 aliphatic heterocycles. The molecule has 1 aromatic heterocycles. The predicted octanol–water partition coefficient (Wildman–Crippen LogP) is 2.59. The van der Waals surface area contributed by atoms with Crippen LogP contribution in [0, 0.1) is 5.41 Å². The van der Waals surface area contributed by atoms with E-state index in [4.69, 9.17) is 16.9 Å². The minimum absolute atomic E-state index is 0.0399. The highest BCUT2D eigenvalue weighted by Gasteiger charge is 2.19. The van der Waals surface area contributed by atoms with Crippen LogP contribution in [0.25, 0.3) is 11.3 Å². The Balaban J connectivity index is 1.60. The Morgan fingerprint density at radius 2 is 1.57 bits per heavy atom. The minimum atomic E-state index is -0.371. The monoisotopic (exact) mass is 566 g/mol. The van der Waals surface area contributed by atoms with Crippen LogP contribution in [0.15, 0.2) is 83.8 Å². The van der Waals surface area contributed by atoms with Crippen molar-refractivity contribution in [2.24, 2.45) is 5.73 Å². The summed E-state index contributed by atoms with van der Waals surface area (Å²) in [6.45, 7) is 0.568. The Kier molecular flexibility index (Phi) is 9.35. The standard InChI is InChI=1S/C31H34N8O3/c1-39(2)38-26-18-36-28(22-12-23(14-24(32)13-22)31(42)37-17-19-6-4-3-5-7-19)25(29(26)41)15-27(40)35-16-20-8-10-21(11-9-20)30(33)34/h3-14,18,38H,15-17,32H2,1-2H3,(H3,33,34)(H,35,40)(H,36,41)(H,37,42). The van der Waals surface area contributed by atoms with Crippen molar-refractivity contribution in [3.63, 3.8) is 0 Å². The second-order valence-electron chi connectivity index (χ2n) is 9.97. The van der Waals surface area contributed by atoms with Crippen LogP contribution in [0.2, 0.25) is 0 Å². The summed E-state index contributed by atoms with van der Waals surface area (Å²) in [5.41, 5.74) is 18.6. The lowest BCUT2D eigenvalue weighted by atomic mass is 9.99. The van der Waals surface area contributed by atoms with Crippen LogP contribution in [0.5, 0.6) is 0 Å². The molecule has 0 radical (unpaired) electrons. The lowest BCUT2D eigenvalue weighted by Gasteiger charge is -2.17. The summed E-state index contributed by atoms with van der Waals surface area (Å²) in [6.07, 6.45) is 1.30. The van der Waals surface area contributed by atoms with Gasteiger partial charge in [0.15, 0.2) is 0 Å². The van der Waals surface area contributed by atoms with Crippen molar-refractivity contribution in [1.82, 2.24) is 20.6 Å². The quantitative estimate of drug-likeness (QED) is 0.0630.